The zero-order chi connectivity index (χ0) is 21.5. The molecule has 2 aromatic carbocycles. The average Bonchev–Trinajstić information content (AvgIpc) is 2.82. The van der Waals surface area contributed by atoms with E-state index < -0.39 is 0 Å². The van der Waals surface area contributed by atoms with E-state index in [2.05, 4.69) is 59.2 Å². The van der Waals surface area contributed by atoms with Crippen LogP contribution in [-0.2, 0) is 6.54 Å². The van der Waals surface area contributed by atoms with E-state index in [1.165, 1.54) is 55.5 Å². The third-order valence-corrected chi connectivity index (χ3v) is 6.72. The van der Waals surface area contributed by atoms with Crippen LogP contribution in [0.3, 0.4) is 0 Å². The molecular formula is C27H38N2O2. The lowest BCUT2D eigenvalue weighted by Crippen LogP contribution is -2.34. The molecule has 0 amide bonds. The Morgan fingerprint density at radius 2 is 1.68 bits per heavy atom. The summed E-state index contributed by atoms with van der Waals surface area (Å²) in [6.45, 7) is 9.97. The molecule has 2 aliphatic rings. The molecule has 4 heteroatoms. The van der Waals surface area contributed by atoms with Crippen molar-refractivity contribution in [2.75, 3.05) is 46.4 Å². The molecule has 2 aromatic rings. The number of ether oxygens (including phenoxy) is 2. The third kappa shape index (κ3) is 5.81. The summed E-state index contributed by atoms with van der Waals surface area (Å²) < 4.78 is 11.5. The van der Waals surface area contributed by atoms with E-state index in [0.29, 0.717) is 5.92 Å². The molecule has 0 saturated carbocycles. The van der Waals surface area contributed by atoms with E-state index in [9.17, 15) is 0 Å². The van der Waals surface area contributed by atoms with Crippen molar-refractivity contribution < 1.29 is 9.47 Å². The number of fused-ring (bicyclic) bond motifs is 1. The fourth-order valence-electron chi connectivity index (χ4n) is 5.08. The standard InChI is InChI=1S/C27H38N2O2/c1-3-14-29-20-23-19-25(31-18-7-17-28-15-5-4-6-16-28)12-13-26(23)27(21-29)22-8-10-24(30-2)11-9-22/h8-13,19,27H,3-7,14-18,20-21H2,1-2H3. The molecular weight excluding hydrogens is 384 g/mol. The van der Waals surface area contributed by atoms with Gasteiger partial charge in [-0.2, -0.15) is 0 Å². The monoisotopic (exact) mass is 422 g/mol. The highest BCUT2D eigenvalue weighted by Crippen LogP contribution is 2.36. The van der Waals surface area contributed by atoms with Gasteiger partial charge in [-0.3, -0.25) is 4.90 Å². The summed E-state index contributed by atoms with van der Waals surface area (Å²) in [5, 5.41) is 0. The second-order valence-corrected chi connectivity index (χ2v) is 9.03. The summed E-state index contributed by atoms with van der Waals surface area (Å²) >= 11 is 0. The molecule has 0 N–H and O–H groups in total. The average molecular weight is 423 g/mol. The SMILES string of the molecule is CCCN1Cc2cc(OCCCN3CCCCC3)ccc2C(c2ccc(OC)cc2)C1. The predicted molar refractivity (Wildman–Crippen MR) is 127 cm³/mol. The molecule has 2 aliphatic heterocycles. The molecule has 2 heterocycles. The van der Waals surface area contributed by atoms with Crippen LogP contribution in [0.1, 0.15) is 61.6 Å². The van der Waals surface area contributed by atoms with E-state index in [0.717, 1.165) is 50.7 Å². The van der Waals surface area contributed by atoms with Crippen LogP contribution < -0.4 is 9.47 Å². The molecule has 1 fully saturated rings. The second kappa shape index (κ2) is 11.0. The number of benzene rings is 2. The zero-order valence-electron chi connectivity index (χ0n) is 19.3. The van der Waals surface area contributed by atoms with E-state index in [1.807, 2.05) is 0 Å². The normalized spacial score (nSPS) is 19.7. The molecule has 4 rings (SSSR count). The summed E-state index contributed by atoms with van der Waals surface area (Å²) in [6.07, 6.45) is 6.39. The van der Waals surface area contributed by atoms with Gasteiger partial charge in [-0.1, -0.05) is 31.5 Å². The Kier molecular flexibility index (Phi) is 7.87. The number of nitrogens with zero attached hydrogens (tertiary/aromatic N) is 2. The minimum atomic E-state index is 0.398. The number of hydrogen-bond acceptors (Lipinski definition) is 4. The van der Waals surface area contributed by atoms with Gasteiger partial charge >= 0.3 is 0 Å². The van der Waals surface area contributed by atoms with Crippen LogP contribution in [0.4, 0.5) is 0 Å². The fourth-order valence-corrected chi connectivity index (χ4v) is 5.08. The van der Waals surface area contributed by atoms with Crippen molar-refractivity contribution in [3.05, 3.63) is 59.2 Å². The fraction of sp³-hybridized carbons (Fsp3) is 0.556. The van der Waals surface area contributed by atoms with Gasteiger partial charge in [0.2, 0.25) is 0 Å². The van der Waals surface area contributed by atoms with Gasteiger partial charge < -0.3 is 14.4 Å². The minimum absolute atomic E-state index is 0.398. The van der Waals surface area contributed by atoms with Gasteiger partial charge in [-0.05, 0) is 86.3 Å². The molecule has 0 spiro atoms. The highest BCUT2D eigenvalue weighted by Gasteiger charge is 2.26. The first-order chi connectivity index (χ1) is 15.3. The van der Waals surface area contributed by atoms with E-state index in [-0.39, 0.29) is 0 Å². The lowest BCUT2D eigenvalue weighted by Gasteiger charge is -2.35. The third-order valence-electron chi connectivity index (χ3n) is 6.72. The molecule has 4 nitrogen and oxygen atoms in total. The van der Waals surface area contributed by atoms with Crippen molar-refractivity contribution in [3.63, 3.8) is 0 Å². The van der Waals surface area contributed by atoms with Gasteiger partial charge in [-0.25, -0.2) is 0 Å². The Hall–Kier alpha value is -2.04. The van der Waals surface area contributed by atoms with Crippen LogP contribution in [0.2, 0.25) is 0 Å². The van der Waals surface area contributed by atoms with E-state index in [4.69, 9.17) is 9.47 Å². The van der Waals surface area contributed by atoms with E-state index in [1.54, 1.807) is 7.11 Å². The van der Waals surface area contributed by atoms with Crippen LogP contribution in [0.15, 0.2) is 42.5 Å². The molecule has 168 valence electrons. The minimum Gasteiger partial charge on any atom is -0.497 e. The molecule has 0 aromatic heterocycles. The van der Waals surface area contributed by atoms with Crippen molar-refractivity contribution >= 4 is 0 Å². The van der Waals surface area contributed by atoms with Gasteiger partial charge in [0.05, 0.1) is 13.7 Å². The van der Waals surface area contributed by atoms with Crippen molar-refractivity contribution in [2.45, 2.75) is 51.5 Å². The Morgan fingerprint density at radius 1 is 0.903 bits per heavy atom. The van der Waals surface area contributed by atoms with Crippen molar-refractivity contribution in [1.29, 1.82) is 0 Å². The van der Waals surface area contributed by atoms with Crippen molar-refractivity contribution in [2.24, 2.45) is 0 Å². The molecule has 0 aliphatic carbocycles. The first-order valence-corrected chi connectivity index (χ1v) is 12.1. The van der Waals surface area contributed by atoms with E-state index >= 15 is 0 Å². The molecule has 0 radical (unpaired) electrons. The molecule has 0 bridgehead atoms. The topological polar surface area (TPSA) is 24.9 Å². The lowest BCUT2D eigenvalue weighted by atomic mass is 9.84. The van der Waals surface area contributed by atoms with Crippen LogP contribution in [0, 0.1) is 0 Å². The second-order valence-electron chi connectivity index (χ2n) is 9.03. The number of likely N-dealkylation sites (tertiary alicyclic amines) is 1. The molecule has 1 unspecified atom stereocenters. The number of piperidine rings is 1. The summed E-state index contributed by atoms with van der Waals surface area (Å²) in [5.74, 6) is 2.33. The van der Waals surface area contributed by atoms with Gasteiger partial charge in [0.25, 0.3) is 0 Å². The molecule has 31 heavy (non-hydrogen) atoms. The molecule has 1 atom stereocenters. The van der Waals surface area contributed by atoms with Crippen molar-refractivity contribution in [1.82, 2.24) is 9.80 Å². The first-order valence-electron chi connectivity index (χ1n) is 12.1. The van der Waals surface area contributed by atoms with Gasteiger partial charge in [0.15, 0.2) is 0 Å². The number of hydrogen-bond donors (Lipinski definition) is 0. The molecule has 1 saturated heterocycles. The van der Waals surface area contributed by atoms with Gasteiger partial charge in [-0.15, -0.1) is 0 Å². The number of rotatable bonds is 9. The van der Waals surface area contributed by atoms with Crippen molar-refractivity contribution in [3.8, 4) is 11.5 Å². The quantitative estimate of drug-likeness (QED) is 0.512. The summed E-state index contributed by atoms with van der Waals surface area (Å²) in [7, 11) is 1.72. The largest absolute Gasteiger partial charge is 0.497 e. The summed E-state index contributed by atoms with van der Waals surface area (Å²) in [6, 6.07) is 15.3. The lowest BCUT2D eigenvalue weighted by molar-refractivity contribution is 0.204. The van der Waals surface area contributed by atoms with Crippen LogP contribution in [0.5, 0.6) is 11.5 Å². The van der Waals surface area contributed by atoms with Gasteiger partial charge in [0, 0.05) is 25.6 Å². The predicted octanol–water partition coefficient (Wildman–Crippen LogP) is 5.31. The summed E-state index contributed by atoms with van der Waals surface area (Å²) in [5.41, 5.74) is 4.21. The highest BCUT2D eigenvalue weighted by molar-refractivity contribution is 5.45. The maximum atomic E-state index is 6.17. The van der Waals surface area contributed by atoms with Gasteiger partial charge in [0.1, 0.15) is 11.5 Å². The maximum Gasteiger partial charge on any atom is 0.119 e. The van der Waals surface area contributed by atoms with Crippen LogP contribution in [0.25, 0.3) is 0 Å². The highest BCUT2D eigenvalue weighted by atomic mass is 16.5. The maximum absolute atomic E-state index is 6.17. The Balaban J connectivity index is 1.43. The Bertz CT molecular complexity index is 814. The Labute approximate surface area is 188 Å². The number of methoxy groups -OCH3 is 1. The van der Waals surface area contributed by atoms with Crippen LogP contribution in [-0.4, -0.2) is 56.2 Å². The summed E-state index contributed by atoms with van der Waals surface area (Å²) in [4.78, 5) is 5.17. The zero-order valence-corrected chi connectivity index (χ0v) is 19.3. The smallest absolute Gasteiger partial charge is 0.119 e. The van der Waals surface area contributed by atoms with Crippen LogP contribution >= 0.6 is 0 Å². The first kappa shape index (κ1) is 22.2. The Morgan fingerprint density at radius 3 is 2.42 bits per heavy atom.